The molecule has 0 bridgehead atoms. The number of carboxylic acids is 1. The van der Waals surface area contributed by atoms with Crippen molar-refractivity contribution < 1.29 is 24.2 Å². The summed E-state index contributed by atoms with van der Waals surface area (Å²) < 4.78 is 10.2. The summed E-state index contributed by atoms with van der Waals surface area (Å²) in [4.78, 5) is 23.0. The van der Waals surface area contributed by atoms with E-state index < -0.39 is 23.2 Å². The van der Waals surface area contributed by atoms with Crippen molar-refractivity contribution in [2.75, 3.05) is 7.11 Å². The maximum absolute atomic E-state index is 11.7. The third-order valence-electron chi connectivity index (χ3n) is 2.95. The van der Waals surface area contributed by atoms with Crippen LogP contribution in [-0.2, 0) is 14.3 Å². The monoisotopic (exact) mass is 259 g/mol. The van der Waals surface area contributed by atoms with Gasteiger partial charge in [-0.3, -0.25) is 0 Å². The minimum Gasteiger partial charge on any atom is -0.480 e. The fourth-order valence-corrected chi connectivity index (χ4v) is 2.06. The molecule has 0 heterocycles. The van der Waals surface area contributed by atoms with Crippen LogP contribution in [0.2, 0.25) is 0 Å². The molecule has 2 atom stereocenters. The van der Waals surface area contributed by atoms with E-state index in [1.54, 1.807) is 20.8 Å². The summed E-state index contributed by atoms with van der Waals surface area (Å²) in [7, 11) is 1.54. The molecule has 0 aromatic rings. The number of rotatable bonds is 3. The highest BCUT2D eigenvalue weighted by Gasteiger charge is 2.47. The minimum absolute atomic E-state index is 0.143. The second-order valence-electron chi connectivity index (χ2n) is 5.61. The van der Waals surface area contributed by atoms with E-state index in [0.29, 0.717) is 12.8 Å². The van der Waals surface area contributed by atoms with Crippen molar-refractivity contribution in [2.24, 2.45) is 0 Å². The van der Waals surface area contributed by atoms with Gasteiger partial charge >= 0.3 is 12.1 Å². The molecule has 0 aliphatic heterocycles. The lowest BCUT2D eigenvalue weighted by molar-refractivity contribution is -0.145. The van der Waals surface area contributed by atoms with Gasteiger partial charge in [0.2, 0.25) is 0 Å². The molecule has 0 saturated heterocycles. The van der Waals surface area contributed by atoms with E-state index in [4.69, 9.17) is 9.47 Å². The molecule has 2 N–H and O–H groups in total. The lowest BCUT2D eigenvalue weighted by Crippen LogP contribution is -2.54. The highest BCUT2D eigenvalue weighted by molar-refractivity contribution is 5.84. The number of alkyl carbamates (subject to hydrolysis) is 1. The van der Waals surface area contributed by atoms with Crippen LogP contribution < -0.4 is 5.32 Å². The van der Waals surface area contributed by atoms with E-state index in [2.05, 4.69) is 5.32 Å². The van der Waals surface area contributed by atoms with Gasteiger partial charge < -0.3 is 19.9 Å². The van der Waals surface area contributed by atoms with Crippen LogP contribution >= 0.6 is 0 Å². The first kappa shape index (κ1) is 14.8. The Bertz CT molecular complexity index is 336. The van der Waals surface area contributed by atoms with Crippen molar-refractivity contribution in [1.29, 1.82) is 0 Å². The summed E-state index contributed by atoms with van der Waals surface area (Å²) in [5, 5.41) is 11.8. The zero-order chi connectivity index (χ0) is 14.0. The third kappa shape index (κ3) is 3.60. The van der Waals surface area contributed by atoms with Crippen molar-refractivity contribution in [3.05, 3.63) is 0 Å². The summed E-state index contributed by atoms with van der Waals surface area (Å²) in [6, 6.07) is 0. The number of amides is 1. The normalized spacial score (nSPS) is 27.9. The fourth-order valence-electron chi connectivity index (χ4n) is 2.06. The molecular formula is C12H21NO5. The lowest BCUT2D eigenvalue weighted by Gasteiger charge is -2.28. The van der Waals surface area contributed by atoms with E-state index in [0.717, 1.165) is 0 Å². The lowest BCUT2D eigenvalue weighted by atomic mass is 9.98. The molecule has 0 aromatic carbocycles. The van der Waals surface area contributed by atoms with E-state index in [-0.39, 0.29) is 12.5 Å². The van der Waals surface area contributed by atoms with Crippen LogP contribution in [0.5, 0.6) is 0 Å². The van der Waals surface area contributed by atoms with Gasteiger partial charge in [0.1, 0.15) is 11.1 Å². The van der Waals surface area contributed by atoms with Crippen molar-refractivity contribution in [3.63, 3.8) is 0 Å². The van der Waals surface area contributed by atoms with Crippen molar-refractivity contribution in [3.8, 4) is 0 Å². The Hall–Kier alpha value is -1.30. The molecule has 0 unspecified atom stereocenters. The zero-order valence-electron chi connectivity index (χ0n) is 11.3. The van der Waals surface area contributed by atoms with Crippen molar-refractivity contribution >= 4 is 12.1 Å². The molecule has 1 saturated carbocycles. The number of ether oxygens (including phenoxy) is 2. The fraction of sp³-hybridized carbons (Fsp3) is 0.833. The second-order valence-corrected chi connectivity index (χ2v) is 5.61. The number of hydrogen-bond donors (Lipinski definition) is 2. The largest absolute Gasteiger partial charge is 0.480 e. The van der Waals surface area contributed by atoms with Crippen LogP contribution in [-0.4, -0.2) is 41.5 Å². The predicted molar refractivity (Wildman–Crippen MR) is 64.4 cm³/mol. The molecule has 6 heteroatoms. The van der Waals surface area contributed by atoms with Gasteiger partial charge in [0, 0.05) is 13.5 Å². The highest BCUT2D eigenvalue weighted by Crippen LogP contribution is 2.32. The summed E-state index contributed by atoms with van der Waals surface area (Å²) in [5.41, 5.74) is -1.92. The number of aliphatic carboxylic acids is 1. The van der Waals surface area contributed by atoms with Crippen LogP contribution in [0.3, 0.4) is 0 Å². The Balaban J connectivity index is 2.71. The van der Waals surface area contributed by atoms with Gasteiger partial charge in [-0.2, -0.15) is 0 Å². The molecule has 1 amide bonds. The van der Waals surface area contributed by atoms with Gasteiger partial charge in [-0.1, -0.05) is 0 Å². The smallest absolute Gasteiger partial charge is 0.408 e. The summed E-state index contributed by atoms with van der Waals surface area (Å²) >= 11 is 0. The molecule has 1 aliphatic rings. The average Bonchev–Trinajstić information content (AvgIpc) is 2.59. The number of hydrogen-bond acceptors (Lipinski definition) is 4. The van der Waals surface area contributed by atoms with Gasteiger partial charge in [-0.05, 0) is 33.6 Å². The number of nitrogens with one attached hydrogen (secondary N) is 1. The summed E-state index contributed by atoms with van der Waals surface area (Å²) in [5.74, 6) is -1.05. The maximum atomic E-state index is 11.7. The van der Waals surface area contributed by atoms with Gasteiger partial charge in [0.15, 0.2) is 0 Å². The molecular weight excluding hydrogens is 238 g/mol. The summed E-state index contributed by atoms with van der Waals surface area (Å²) in [6.45, 7) is 5.19. The van der Waals surface area contributed by atoms with Crippen LogP contribution in [0.25, 0.3) is 0 Å². The van der Waals surface area contributed by atoms with Crippen LogP contribution in [0.15, 0.2) is 0 Å². The Morgan fingerprint density at radius 1 is 1.39 bits per heavy atom. The molecule has 1 aliphatic carbocycles. The molecule has 1 fully saturated rings. The zero-order valence-corrected chi connectivity index (χ0v) is 11.3. The van der Waals surface area contributed by atoms with Crippen molar-refractivity contribution in [2.45, 2.75) is 57.3 Å². The first-order chi connectivity index (χ1) is 8.18. The Morgan fingerprint density at radius 2 is 2.00 bits per heavy atom. The van der Waals surface area contributed by atoms with E-state index in [1.165, 1.54) is 7.11 Å². The maximum Gasteiger partial charge on any atom is 0.408 e. The van der Waals surface area contributed by atoms with Gasteiger partial charge in [0.05, 0.1) is 6.10 Å². The predicted octanol–water partition coefficient (Wildman–Crippen LogP) is 1.53. The Labute approximate surface area is 107 Å². The van der Waals surface area contributed by atoms with Gasteiger partial charge in [-0.25, -0.2) is 9.59 Å². The highest BCUT2D eigenvalue weighted by atomic mass is 16.6. The second kappa shape index (κ2) is 5.14. The Kier molecular flexibility index (Phi) is 4.21. The number of carbonyl (C=O) groups is 2. The number of carboxylic acid groups (broad SMARTS) is 1. The molecule has 0 spiro atoms. The quantitative estimate of drug-likeness (QED) is 0.803. The first-order valence-electron chi connectivity index (χ1n) is 5.96. The standard InChI is InChI=1S/C12H21NO5/c1-11(2,3)18-10(16)13-12(9(14)15)6-5-8(7-12)17-4/h8H,5-7H2,1-4H3,(H,13,16)(H,14,15)/t8-,12-/m0/s1. The molecule has 1 rings (SSSR count). The molecule has 0 radical (unpaired) electrons. The van der Waals surface area contributed by atoms with Crippen molar-refractivity contribution in [1.82, 2.24) is 5.32 Å². The third-order valence-corrected chi connectivity index (χ3v) is 2.95. The molecule has 0 aromatic heterocycles. The van der Waals surface area contributed by atoms with Gasteiger partial charge in [-0.15, -0.1) is 0 Å². The van der Waals surface area contributed by atoms with Crippen LogP contribution in [0.1, 0.15) is 40.0 Å². The molecule has 6 nitrogen and oxygen atoms in total. The SMILES string of the molecule is CO[C@H]1CC[C@@](NC(=O)OC(C)(C)C)(C(=O)O)C1. The number of methoxy groups -OCH3 is 1. The van der Waals surface area contributed by atoms with E-state index >= 15 is 0 Å². The molecule has 18 heavy (non-hydrogen) atoms. The van der Waals surface area contributed by atoms with Gasteiger partial charge in [0.25, 0.3) is 0 Å². The average molecular weight is 259 g/mol. The van der Waals surface area contributed by atoms with E-state index in [9.17, 15) is 14.7 Å². The first-order valence-corrected chi connectivity index (χ1v) is 5.96. The van der Waals surface area contributed by atoms with Crippen LogP contribution in [0, 0.1) is 0 Å². The van der Waals surface area contributed by atoms with Crippen LogP contribution in [0.4, 0.5) is 4.79 Å². The topological polar surface area (TPSA) is 84.9 Å². The molecule has 104 valence electrons. The number of carbonyl (C=O) groups excluding carboxylic acids is 1. The Morgan fingerprint density at radius 3 is 2.39 bits per heavy atom. The minimum atomic E-state index is -1.27. The summed E-state index contributed by atoms with van der Waals surface area (Å²) in [6.07, 6.45) is 0.370. The van der Waals surface area contributed by atoms with E-state index in [1.807, 2.05) is 0 Å².